The van der Waals surface area contributed by atoms with Gasteiger partial charge in [0.2, 0.25) is 0 Å². The van der Waals surface area contributed by atoms with Gasteiger partial charge in [0, 0.05) is 29.2 Å². The van der Waals surface area contributed by atoms with Crippen LogP contribution in [0.5, 0.6) is 11.5 Å². The number of benzene rings is 3. The number of imidazole rings is 1. The molecule has 0 aliphatic carbocycles. The standard InChI is InChI=1S/C26H21ClN2O3/c1-31-25-13-7-19(16-21(25)17-32-26-5-3-2-4-23(26)27)6-12-24(30)20-8-10-22(11-9-20)29-15-14-28-18-29/h2-16,18H,17H2,1H3/b12-6+. The van der Waals surface area contributed by atoms with Crippen molar-refractivity contribution in [3.63, 3.8) is 0 Å². The molecule has 0 saturated carbocycles. The van der Waals surface area contributed by atoms with E-state index in [4.69, 9.17) is 21.1 Å². The first-order chi connectivity index (χ1) is 15.6. The highest BCUT2D eigenvalue weighted by Gasteiger charge is 2.08. The second-order valence-corrected chi connectivity index (χ2v) is 7.41. The number of halogens is 1. The Morgan fingerprint density at radius 2 is 1.88 bits per heavy atom. The maximum Gasteiger partial charge on any atom is 0.185 e. The Kier molecular flexibility index (Phi) is 6.68. The predicted octanol–water partition coefficient (Wildman–Crippen LogP) is 6.01. The number of methoxy groups -OCH3 is 1. The van der Waals surface area contributed by atoms with Crippen LogP contribution in [0.4, 0.5) is 0 Å². The third-order valence-electron chi connectivity index (χ3n) is 4.91. The molecule has 4 aromatic rings. The fourth-order valence-corrected chi connectivity index (χ4v) is 3.40. The van der Waals surface area contributed by atoms with Crippen molar-refractivity contribution >= 4 is 23.5 Å². The van der Waals surface area contributed by atoms with Crippen molar-refractivity contribution in [3.8, 4) is 17.2 Å². The summed E-state index contributed by atoms with van der Waals surface area (Å²) in [6.45, 7) is 0.290. The molecular formula is C26H21ClN2O3. The van der Waals surface area contributed by atoms with Gasteiger partial charge in [0.05, 0.1) is 18.5 Å². The summed E-state index contributed by atoms with van der Waals surface area (Å²) in [7, 11) is 1.61. The lowest BCUT2D eigenvalue weighted by atomic mass is 10.1. The largest absolute Gasteiger partial charge is 0.496 e. The topological polar surface area (TPSA) is 53.4 Å². The molecule has 0 bridgehead atoms. The van der Waals surface area contributed by atoms with Crippen molar-refractivity contribution in [2.75, 3.05) is 7.11 Å². The first-order valence-corrected chi connectivity index (χ1v) is 10.4. The average molecular weight is 445 g/mol. The van der Waals surface area contributed by atoms with E-state index in [1.54, 1.807) is 50.0 Å². The van der Waals surface area contributed by atoms with Crippen LogP contribution >= 0.6 is 11.6 Å². The number of hydrogen-bond donors (Lipinski definition) is 0. The van der Waals surface area contributed by atoms with Crippen molar-refractivity contribution in [3.05, 3.63) is 113 Å². The summed E-state index contributed by atoms with van der Waals surface area (Å²) in [4.78, 5) is 16.6. The van der Waals surface area contributed by atoms with E-state index >= 15 is 0 Å². The average Bonchev–Trinajstić information content (AvgIpc) is 3.37. The van der Waals surface area contributed by atoms with Crippen molar-refractivity contribution in [2.24, 2.45) is 0 Å². The molecule has 0 N–H and O–H groups in total. The summed E-state index contributed by atoms with van der Waals surface area (Å²) in [6.07, 6.45) is 8.63. The minimum atomic E-state index is -0.0770. The molecule has 0 radical (unpaired) electrons. The fraction of sp³-hybridized carbons (Fsp3) is 0.0769. The highest BCUT2D eigenvalue weighted by molar-refractivity contribution is 6.32. The number of rotatable bonds is 8. The summed E-state index contributed by atoms with van der Waals surface area (Å²) >= 11 is 6.17. The molecule has 0 saturated heterocycles. The number of aromatic nitrogens is 2. The van der Waals surface area contributed by atoms with Crippen LogP contribution in [0.2, 0.25) is 5.02 Å². The van der Waals surface area contributed by atoms with Gasteiger partial charge < -0.3 is 14.0 Å². The van der Waals surface area contributed by atoms with Gasteiger partial charge in [-0.2, -0.15) is 0 Å². The minimum Gasteiger partial charge on any atom is -0.496 e. The number of hydrogen-bond acceptors (Lipinski definition) is 4. The van der Waals surface area contributed by atoms with E-state index in [2.05, 4.69) is 4.98 Å². The number of para-hydroxylation sites is 1. The number of carbonyl (C=O) groups excluding carboxylic acids is 1. The van der Waals surface area contributed by atoms with Crippen LogP contribution in [0.25, 0.3) is 11.8 Å². The molecule has 0 aliphatic heterocycles. The monoisotopic (exact) mass is 444 g/mol. The fourth-order valence-electron chi connectivity index (χ4n) is 3.21. The minimum absolute atomic E-state index is 0.0770. The second-order valence-electron chi connectivity index (χ2n) is 7.00. The van der Waals surface area contributed by atoms with E-state index in [1.807, 2.05) is 59.3 Å². The van der Waals surface area contributed by atoms with E-state index in [9.17, 15) is 4.79 Å². The van der Waals surface area contributed by atoms with Crippen LogP contribution in [0.15, 0.2) is 91.5 Å². The van der Waals surface area contributed by atoms with Gasteiger partial charge in [0.15, 0.2) is 5.78 Å². The van der Waals surface area contributed by atoms with E-state index in [0.717, 1.165) is 16.8 Å². The Balaban J connectivity index is 1.46. The van der Waals surface area contributed by atoms with Crippen molar-refractivity contribution in [2.45, 2.75) is 6.61 Å². The normalized spacial score (nSPS) is 10.9. The first kappa shape index (κ1) is 21.4. The highest BCUT2D eigenvalue weighted by Crippen LogP contribution is 2.27. The van der Waals surface area contributed by atoms with Crippen LogP contribution in [-0.2, 0) is 6.61 Å². The highest BCUT2D eigenvalue weighted by atomic mass is 35.5. The van der Waals surface area contributed by atoms with Crippen molar-refractivity contribution < 1.29 is 14.3 Å². The first-order valence-electron chi connectivity index (χ1n) is 9.99. The Morgan fingerprint density at radius 3 is 2.59 bits per heavy atom. The van der Waals surface area contributed by atoms with Gasteiger partial charge >= 0.3 is 0 Å². The summed E-state index contributed by atoms with van der Waals surface area (Å²) < 4.78 is 13.2. The molecular weight excluding hydrogens is 424 g/mol. The molecule has 3 aromatic carbocycles. The quantitative estimate of drug-likeness (QED) is 0.247. The van der Waals surface area contributed by atoms with Crippen LogP contribution in [0.1, 0.15) is 21.5 Å². The molecule has 1 heterocycles. The van der Waals surface area contributed by atoms with E-state index in [0.29, 0.717) is 22.1 Å². The van der Waals surface area contributed by atoms with Crippen molar-refractivity contribution in [1.29, 1.82) is 0 Å². The second kappa shape index (κ2) is 9.98. The molecule has 0 amide bonds. The number of carbonyl (C=O) groups is 1. The molecule has 1 aromatic heterocycles. The Morgan fingerprint density at radius 1 is 1.06 bits per heavy atom. The summed E-state index contributed by atoms with van der Waals surface area (Å²) in [5.74, 6) is 1.23. The Hall–Kier alpha value is -3.83. The van der Waals surface area contributed by atoms with Crippen LogP contribution < -0.4 is 9.47 Å². The third-order valence-corrected chi connectivity index (χ3v) is 5.22. The number of allylic oxidation sites excluding steroid dienone is 1. The maximum atomic E-state index is 12.6. The van der Waals surface area contributed by atoms with Crippen LogP contribution in [-0.4, -0.2) is 22.4 Å². The molecule has 0 fully saturated rings. The number of ketones is 1. The molecule has 6 heteroatoms. The van der Waals surface area contributed by atoms with Gasteiger partial charge in [0.1, 0.15) is 18.1 Å². The van der Waals surface area contributed by atoms with Gasteiger partial charge in [-0.05, 0) is 60.2 Å². The molecule has 0 aliphatic rings. The van der Waals surface area contributed by atoms with Crippen LogP contribution in [0.3, 0.4) is 0 Å². The Bertz CT molecular complexity index is 1230. The van der Waals surface area contributed by atoms with Gasteiger partial charge in [-0.25, -0.2) is 4.98 Å². The summed E-state index contributed by atoms with van der Waals surface area (Å²) in [5.41, 5.74) is 3.28. The van der Waals surface area contributed by atoms with E-state index < -0.39 is 0 Å². The molecule has 5 nitrogen and oxygen atoms in total. The zero-order valence-corrected chi connectivity index (χ0v) is 18.2. The molecule has 160 valence electrons. The predicted molar refractivity (Wildman–Crippen MR) is 126 cm³/mol. The molecule has 4 rings (SSSR count). The van der Waals surface area contributed by atoms with E-state index in [-0.39, 0.29) is 12.4 Å². The lowest BCUT2D eigenvalue weighted by molar-refractivity contribution is 0.104. The summed E-state index contributed by atoms with van der Waals surface area (Å²) in [6, 6.07) is 20.4. The SMILES string of the molecule is COc1ccc(/C=C/C(=O)c2ccc(-n3ccnc3)cc2)cc1COc1ccccc1Cl. The lowest BCUT2D eigenvalue weighted by Gasteiger charge is -2.12. The van der Waals surface area contributed by atoms with Crippen molar-refractivity contribution in [1.82, 2.24) is 9.55 Å². The maximum absolute atomic E-state index is 12.6. The molecule has 32 heavy (non-hydrogen) atoms. The lowest BCUT2D eigenvalue weighted by Crippen LogP contribution is -2.00. The molecule has 0 atom stereocenters. The van der Waals surface area contributed by atoms with Gasteiger partial charge in [-0.1, -0.05) is 35.9 Å². The zero-order valence-electron chi connectivity index (χ0n) is 17.4. The molecule has 0 unspecified atom stereocenters. The number of ether oxygens (including phenoxy) is 2. The smallest absolute Gasteiger partial charge is 0.185 e. The van der Waals surface area contributed by atoms with Gasteiger partial charge in [-0.15, -0.1) is 0 Å². The van der Waals surface area contributed by atoms with E-state index in [1.165, 1.54) is 0 Å². The zero-order chi connectivity index (χ0) is 22.3. The van der Waals surface area contributed by atoms with Crippen LogP contribution in [0, 0.1) is 0 Å². The van der Waals surface area contributed by atoms with Gasteiger partial charge in [-0.3, -0.25) is 4.79 Å². The third kappa shape index (κ3) is 5.07. The van der Waals surface area contributed by atoms with Gasteiger partial charge in [0.25, 0.3) is 0 Å². The summed E-state index contributed by atoms with van der Waals surface area (Å²) in [5, 5.41) is 0.548. The Labute approximate surface area is 191 Å². The molecule has 0 spiro atoms. The number of nitrogens with zero attached hydrogens (tertiary/aromatic N) is 2.